The van der Waals surface area contributed by atoms with Gasteiger partial charge in [0.1, 0.15) is 0 Å². The summed E-state index contributed by atoms with van der Waals surface area (Å²) in [6.07, 6.45) is 3.60. The summed E-state index contributed by atoms with van der Waals surface area (Å²) in [4.78, 5) is 13.4. The molecule has 0 aromatic carbocycles. The van der Waals surface area contributed by atoms with Crippen molar-refractivity contribution in [2.75, 3.05) is 25.0 Å². The van der Waals surface area contributed by atoms with Crippen LogP contribution in [0.1, 0.15) is 19.8 Å². The molecule has 0 saturated heterocycles. The maximum Gasteiger partial charge on any atom is 0.222 e. The van der Waals surface area contributed by atoms with Crippen LogP contribution in [0.2, 0.25) is 0 Å². The summed E-state index contributed by atoms with van der Waals surface area (Å²) in [5.41, 5.74) is 2.83. The summed E-state index contributed by atoms with van der Waals surface area (Å²) in [7, 11) is 0. The summed E-state index contributed by atoms with van der Waals surface area (Å²) in [5, 5.41) is 9.24. The van der Waals surface area contributed by atoms with Crippen LogP contribution in [-0.2, 0) is 0 Å². The Morgan fingerprint density at radius 1 is 1.50 bits per heavy atom. The number of nitrogens with one attached hydrogen (secondary N) is 2. The molecular weight excluding hydrogens is 322 g/mol. The van der Waals surface area contributed by atoms with Gasteiger partial charge in [0.2, 0.25) is 5.88 Å². The number of thiazole rings is 1. The Bertz CT molecular complexity index is 740. The van der Waals surface area contributed by atoms with E-state index in [1.54, 1.807) is 6.20 Å². The summed E-state index contributed by atoms with van der Waals surface area (Å²) >= 11 is 1.53. The van der Waals surface area contributed by atoms with E-state index in [0.29, 0.717) is 12.5 Å². The summed E-state index contributed by atoms with van der Waals surface area (Å²) in [5.74, 6) is 1.38. The molecule has 1 aliphatic heterocycles. The van der Waals surface area contributed by atoms with Crippen LogP contribution in [0.25, 0.3) is 11.3 Å². The molecule has 0 radical (unpaired) electrons. The SMILES string of the molecule is C=C(C)CCOc1ncccc1-c1csc(NC2=NCCCN2)n1. The number of ether oxygens (including phenoxy) is 1. The fourth-order valence-corrected chi connectivity index (χ4v) is 2.90. The number of aliphatic imine (C=N–C) groups is 1. The Balaban J connectivity index is 1.72. The van der Waals surface area contributed by atoms with Gasteiger partial charge in [-0.25, -0.2) is 9.97 Å². The van der Waals surface area contributed by atoms with Gasteiger partial charge < -0.3 is 15.4 Å². The van der Waals surface area contributed by atoms with Crippen molar-refractivity contribution in [2.45, 2.75) is 19.8 Å². The number of pyridine rings is 1. The van der Waals surface area contributed by atoms with E-state index in [0.717, 1.165) is 53.9 Å². The van der Waals surface area contributed by atoms with Gasteiger partial charge in [-0.2, -0.15) is 0 Å². The molecule has 3 rings (SSSR count). The Labute approximate surface area is 145 Å². The first kappa shape index (κ1) is 16.4. The predicted octanol–water partition coefficient (Wildman–Crippen LogP) is 3.31. The van der Waals surface area contributed by atoms with Gasteiger partial charge in [0.25, 0.3) is 0 Å². The molecule has 0 fully saturated rings. The molecule has 0 saturated carbocycles. The number of anilines is 1. The van der Waals surface area contributed by atoms with Crippen LogP contribution in [0, 0.1) is 0 Å². The van der Waals surface area contributed by atoms with E-state index in [2.05, 4.69) is 32.2 Å². The van der Waals surface area contributed by atoms with E-state index < -0.39 is 0 Å². The molecule has 3 heterocycles. The normalized spacial score (nSPS) is 13.8. The van der Waals surface area contributed by atoms with Gasteiger partial charge >= 0.3 is 0 Å². The molecule has 6 nitrogen and oxygen atoms in total. The maximum atomic E-state index is 5.80. The lowest BCUT2D eigenvalue weighted by molar-refractivity contribution is 0.311. The Morgan fingerprint density at radius 2 is 2.42 bits per heavy atom. The van der Waals surface area contributed by atoms with Crippen LogP contribution in [0.4, 0.5) is 5.13 Å². The van der Waals surface area contributed by atoms with Crippen molar-refractivity contribution in [3.63, 3.8) is 0 Å². The first-order valence-electron chi connectivity index (χ1n) is 7.96. The Hall–Kier alpha value is -2.41. The van der Waals surface area contributed by atoms with Crippen molar-refractivity contribution in [3.8, 4) is 17.1 Å². The first-order chi connectivity index (χ1) is 11.7. The van der Waals surface area contributed by atoms with Gasteiger partial charge in [-0.1, -0.05) is 5.57 Å². The highest BCUT2D eigenvalue weighted by Gasteiger charge is 2.13. The van der Waals surface area contributed by atoms with Crippen molar-refractivity contribution in [3.05, 3.63) is 35.9 Å². The first-order valence-corrected chi connectivity index (χ1v) is 8.84. The Morgan fingerprint density at radius 3 is 3.21 bits per heavy atom. The van der Waals surface area contributed by atoms with Gasteiger partial charge in [0, 0.05) is 31.1 Å². The highest BCUT2D eigenvalue weighted by Crippen LogP contribution is 2.30. The van der Waals surface area contributed by atoms with Crippen molar-refractivity contribution in [2.24, 2.45) is 4.99 Å². The zero-order valence-electron chi connectivity index (χ0n) is 13.7. The van der Waals surface area contributed by atoms with Gasteiger partial charge in [-0.3, -0.25) is 4.99 Å². The zero-order valence-corrected chi connectivity index (χ0v) is 14.5. The molecule has 1 aliphatic rings. The third-order valence-corrected chi connectivity index (χ3v) is 4.20. The molecule has 2 aromatic rings. The van der Waals surface area contributed by atoms with Crippen molar-refractivity contribution in [1.29, 1.82) is 0 Å². The van der Waals surface area contributed by atoms with E-state index in [9.17, 15) is 0 Å². The van der Waals surface area contributed by atoms with Gasteiger partial charge in [0.15, 0.2) is 11.1 Å². The average molecular weight is 343 g/mol. The Kier molecular flexibility index (Phi) is 5.43. The average Bonchev–Trinajstić information content (AvgIpc) is 3.04. The summed E-state index contributed by atoms with van der Waals surface area (Å²) in [6, 6.07) is 3.86. The molecule has 2 aromatic heterocycles. The fourth-order valence-electron chi connectivity index (χ4n) is 2.20. The minimum absolute atomic E-state index is 0.565. The third-order valence-electron chi connectivity index (χ3n) is 3.44. The predicted molar refractivity (Wildman–Crippen MR) is 98.8 cm³/mol. The second kappa shape index (κ2) is 7.92. The van der Waals surface area contributed by atoms with Crippen molar-refractivity contribution < 1.29 is 4.74 Å². The lowest BCUT2D eigenvalue weighted by Gasteiger charge is -2.14. The number of hydrogen-bond acceptors (Lipinski definition) is 7. The van der Waals surface area contributed by atoms with Gasteiger partial charge in [-0.05, 0) is 25.5 Å². The molecule has 0 spiro atoms. The second-order valence-electron chi connectivity index (χ2n) is 5.59. The molecule has 24 heavy (non-hydrogen) atoms. The number of aromatic nitrogens is 2. The second-order valence-corrected chi connectivity index (χ2v) is 6.44. The lowest BCUT2D eigenvalue weighted by Crippen LogP contribution is -2.35. The van der Waals surface area contributed by atoms with Crippen LogP contribution in [-0.4, -0.2) is 35.6 Å². The van der Waals surface area contributed by atoms with E-state index in [4.69, 9.17) is 4.74 Å². The lowest BCUT2D eigenvalue weighted by atomic mass is 10.2. The standard InChI is InChI=1S/C17H21N5OS/c1-12(2)6-10-23-15-13(5-3-7-18-15)14-11-24-17(21-14)22-16-19-8-4-9-20-16/h3,5,7,11H,1,4,6,8-10H2,2H3,(H2,19,20,21,22). The smallest absolute Gasteiger partial charge is 0.222 e. The molecule has 7 heteroatoms. The van der Waals surface area contributed by atoms with Crippen LogP contribution in [0.3, 0.4) is 0 Å². The van der Waals surface area contributed by atoms with Crippen LogP contribution in [0.15, 0.2) is 40.9 Å². The van der Waals surface area contributed by atoms with Crippen LogP contribution < -0.4 is 15.4 Å². The molecule has 0 atom stereocenters. The van der Waals surface area contributed by atoms with E-state index in [-0.39, 0.29) is 0 Å². The molecule has 0 amide bonds. The fraction of sp³-hybridized carbons (Fsp3) is 0.353. The van der Waals surface area contributed by atoms with E-state index >= 15 is 0 Å². The minimum Gasteiger partial charge on any atom is -0.477 e. The highest BCUT2D eigenvalue weighted by molar-refractivity contribution is 7.14. The number of hydrogen-bond donors (Lipinski definition) is 2. The van der Waals surface area contributed by atoms with E-state index in [1.165, 1.54) is 11.3 Å². The third kappa shape index (κ3) is 4.32. The quantitative estimate of drug-likeness (QED) is 0.788. The molecular formula is C17H21N5OS. The molecule has 0 bridgehead atoms. The van der Waals surface area contributed by atoms with Gasteiger partial charge in [0.05, 0.1) is 17.9 Å². The number of nitrogens with zero attached hydrogens (tertiary/aromatic N) is 3. The topological polar surface area (TPSA) is 71.4 Å². The van der Waals surface area contributed by atoms with Crippen LogP contribution in [0.5, 0.6) is 5.88 Å². The minimum atomic E-state index is 0.565. The highest BCUT2D eigenvalue weighted by atomic mass is 32.1. The molecule has 0 aliphatic carbocycles. The molecule has 2 N–H and O–H groups in total. The van der Waals surface area contributed by atoms with Gasteiger partial charge in [-0.15, -0.1) is 17.9 Å². The number of guanidine groups is 1. The maximum absolute atomic E-state index is 5.80. The van der Waals surface area contributed by atoms with Crippen molar-refractivity contribution in [1.82, 2.24) is 15.3 Å². The largest absolute Gasteiger partial charge is 0.477 e. The zero-order chi connectivity index (χ0) is 16.8. The molecule has 126 valence electrons. The molecule has 0 unspecified atom stereocenters. The summed E-state index contributed by atoms with van der Waals surface area (Å²) in [6.45, 7) is 8.23. The monoisotopic (exact) mass is 343 g/mol. The van der Waals surface area contributed by atoms with Crippen molar-refractivity contribution >= 4 is 22.4 Å². The van der Waals surface area contributed by atoms with E-state index in [1.807, 2.05) is 24.4 Å². The number of rotatable bonds is 6. The van der Waals surface area contributed by atoms with Crippen LogP contribution >= 0.6 is 11.3 Å². The summed E-state index contributed by atoms with van der Waals surface area (Å²) < 4.78 is 5.80.